The first-order chi connectivity index (χ1) is 12.7. The van der Waals surface area contributed by atoms with Crippen molar-refractivity contribution in [1.82, 2.24) is 15.2 Å². The van der Waals surface area contributed by atoms with E-state index in [2.05, 4.69) is 10.3 Å². The van der Waals surface area contributed by atoms with Gasteiger partial charge >= 0.3 is 0 Å². The molecular weight excluding hydrogens is 337 g/mol. The van der Waals surface area contributed by atoms with E-state index in [0.29, 0.717) is 23.6 Å². The maximum absolute atomic E-state index is 13.1. The van der Waals surface area contributed by atoms with Crippen molar-refractivity contribution in [2.75, 3.05) is 6.54 Å². The summed E-state index contributed by atoms with van der Waals surface area (Å²) in [5.41, 5.74) is 2.06. The minimum absolute atomic E-state index is 0.144. The Morgan fingerprint density at radius 1 is 1.23 bits per heavy atom. The van der Waals surface area contributed by atoms with Gasteiger partial charge in [0, 0.05) is 24.2 Å². The normalized spacial score (nSPS) is 17.0. The molecule has 0 radical (unpaired) electrons. The summed E-state index contributed by atoms with van der Waals surface area (Å²) in [5, 5.41) is 7.96. The Labute approximate surface area is 149 Å². The number of halogens is 1. The molecule has 1 fully saturated rings. The molecule has 7 heteroatoms. The van der Waals surface area contributed by atoms with Gasteiger partial charge in [0.15, 0.2) is 5.76 Å². The molecule has 1 aliphatic rings. The van der Waals surface area contributed by atoms with Crippen LogP contribution in [0.2, 0.25) is 0 Å². The highest BCUT2D eigenvalue weighted by atomic mass is 19.1. The maximum atomic E-state index is 13.1. The van der Waals surface area contributed by atoms with E-state index in [-0.39, 0.29) is 23.5 Å². The van der Waals surface area contributed by atoms with E-state index in [9.17, 15) is 9.18 Å². The van der Waals surface area contributed by atoms with Gasteiger partial charge in [-0.1, -0.05) is 17.2 Å². The summed E-state index contributed by atoms with van der Waals surface area (Å²) in [6.07, 6.45) is 2.49. The van der Waals surface area contributed by atoms with Crippen LogP contribution in [0.15, 0.2) is 45.4 Å². The zero-order valence-electron chi connectivity index (χ0n) is 14.3. The van der Waals surface area contributed by atoms with E-state index in [1.54, 1.807) is 23.1 Å². The zero-order chi connectivity index (χ0) is 18.1. The number of benzene rings is 1. The van der Waals surface area contributed by atoms with Crippen LogP contribution in [0.25, 0.3) is 11.3 Å². The average molecular weight is 355 g/mol. The fourth-order valence-corrected chi connectivity index (χ4v) is 3.23. The Hall–Kier alpha value is -2.96. The Bertz CT molecular complexity index is 916. The second kappa shape index (κ2) is 6.74. The van der Waals surface area contributed by atoms with Crippen LogP contribution in [-0.4, -0.2) is 27.7 Å². The minimum Gasteiger partial charge on any atom is -0.359 e. The van der Waals surface area contributed by atoms with Gasteiger partial charge in [0.05, 0.1) is 11.7 Å². The molecule has 3 aromatic rings. The number of rotatable bonds is 4. The number of hydrogen-bond acceptors (Lipinski definition) is 5. The number of aromatic nitrogens is 2. The van der Waals surface area contributed by atoms with E-state index in [1.807, 2.05) is 13.0 Å². The van der Waals surface area contributed by atoms with Gasteiger partial charge in [0.25, 0.3) is 5.91 Å². The number of likely N-dealkylation sites (tertiary alicyclic amines) is 1. The Balaban J connectivity index is 1.56. The highest BCUT2D eigenvalue weighted by Gasteiger charge is 2.35. The summed E-state index contributed by atoms with van der Waals surface area (Å²) in [7, 11) is 0. The predicted molar refractivity (Wildman–Crippen MR) is 90.8 cm³/mol. The summed E-state index contributed by atoms with van der Waals surface area (Å²) in [6, 6.07) is 9.23. The van der Waals surface area contributed by atoms with Crippen LogP contribution in [0.1, 0.15) is 47.8 Å². The molecule has 6 nitrogen and oxygen atoms in total. The molecule has 134 valence electrons. The third-order valence-corrected chi connectivity index (χ3v) is 4.64. The second-order valence-electron chi connectivity index (χ2n) is 6.31. The molecule has 0 unspecified atom stereocenters. The Kier molecular flexibility index (Phi) is 4.28. The van der Waals surface area contributed by atoms with Gasteiger partial charge in [0.1, 0.15) is 11.5 Å². The Morgan fingerprint density at radius 3 is 2.77 bits per heavy atom. The van der Waals surface area contributed by atoms with Gasteiger partial charge in [-0.15, -0.1) is 0 Å². The minimum atomic E-state index is -0.327. The number of aryl methyl sites for hydroxylation is 1. The topological polar surface area (TPSA) is 72.4 Å². The highest BCUT2D eigenvalue weighted by Crippen LogP contribution is 2.34. The van der Waals surface area contributed by atoms with Gasteiger partial charge in [-0.05, 0) is 43.5 Å². The number of carbonyl (C=O) groups excluding carboxylic acids is 1. The van der Waals surface area contributed by atoms with Crippen molar-refractivity contribution in [3.8, 4) is 11.3 Å². The van der Waals surface area contributed by atoms with Crippen molar-refractivity contribution in [3.05, 3.63) is 59.4 Å². The van der Waals surface area contributed by atoms with Crippen LogP contribution in [0.3, 0.4) is 0 Å². The van der Waals surface area contributed by atoms with Crippen molar-refractivity contribution in [1.29, 1.82) is 0 Å². The number of hydrogen-bond donors (Lipinski definition) is 0. The fraction of sp³-hybridized carbons (Fsp3) is 0.316. The van der Waals surface area contributed by atoms with Gasteiger partial charge in [0.2, 0.25) is 5.76 Å². The second-order valence-corrected chi connectivity index (χ2v) is 6.31. The molecule has 0 spiro atoms. The largest absolute Gasteiger partial charge is 0.359 e. The lowest BCUT2D eigenvalue weighted by Gasteiger charge is -2.20. The lowest BCUT2D eigenvalue weighted by molar-refractivity contribution is 0.0672. The molecule has 1 atom stereocenters. The van der Waals surface area contributed by atoms with Crippen LogP contribution >= 0.6 is 0 Å². The first-order valence-corrected chi connectivity index (χ1v) is 8.65. The molecule has 2 aromatic heterocycles. The van der Waals surface area contributed by atoms with E-state index in [4.69, 9.17) is 9.05 Å². The van der Waals surface area contributed by atoms with Crippen molar-refractivity contribution in [3.63, 3.8) is 0 Å². The summed E-state index contributed by atoms with van der Waals surface area (Å²) >= 11 is 0. The average Bonchev–Trinajstić information content (AvgIpc) is 3.40. The number of nitrogens with zero attached hydrogens (tertiary/aromatic N) is 3. The summed E-state index contributed by atoms with van der Waals surface area (Å²) in [5.74, 6) is 0.298. The van der Waals surface area contributed by atoms with Gasteiger partial charge < -0.3 is 13.9 Å². The Morgan fingerprint density at radius 2 is 2.04 bits per heavy atom. The standard InChI is InChI=1S/C19H18FN3O3/c1-2-14-10-17(25-21-14)16-4-3-9-23(16)19(24)18-11-15(22-26-18)12-5-7-13(20)8-6-12/h5-8,10-11,16H,2-4,9H2,1H3/t16-/m0/s1. The maximum Gasteiger partial charge on any atom is 0.293 e. The van der Waals surface area contributed by atoms with Gasteiger partial charge in [-0.25, -0.2) is 4.39 Å². The van der Waals surface area contributed by atoms with E-state index < -0.39 is 0 Å². The van der Waals surface area contributed by atoms with Gasteiger partial charge in [-0.3, -0.25) is 4.79 Å². The summed E-state index contributed by atoms with van der Waals surface area (Å²) < 4.78 is 23.7. The van der Waals surface area contributed by atoms with Crippen molar-refractivity contribution < 1.29 is 18.2 Å². The molecule has 0 aliphatic carbocycles. The van der Waals surface area contributed by atoms with E-state index in [1.165, 1.54) is 12.1 Å². The molecule has 3 heterocycles. The lowest BCUT2D eigenvalue weighted by atomic mass is 10.1. The molecule has 0 bridgehead atoms. The predicted octanol–water partition coefficient (Wildman–Crippen LogP) is 4.01. The third kappa shape index (κ3) is 3.00. The molecular formula is C19H18FN3O3. The number of amides is 1. The smallest absolute Gasteiger partial charge is 0.293 e. The third-order valence-electron chi connectivity index (χ3n) is 4.64. The molecule has 1 aromatic carbocycles. The van der Waals surface area contributed by atoms with Crippen LogP contribution in [-0.2, 0) is 6.42 Å². The summed E-state index contributed by atoms with van der Waals surface area (Å²) in [6.45, 7) is 2.63. The van der Waals surface area contributed by atoms with Crippen molar-refractivity contribution in [2.24, 2.45) is 0 Å². The van der Waals surface area contributed by atoms with E-state index in [0.717, 1.165) is 25.0 Å². The van der Waals surface area contributed by atoms with Crippen molar-refractivity contribution in [2.45, 2.75) is 32.2 Å². The fourth-order valence-electron chi connectivity index (χ4n) is 3.23. The first-order valence-electron chi connectivity index (χ1n) is 8.65. The SMILES string of the molecule is CCc1cc([C@@H]2CCCN2C(=O)c2cc(-c3ccc(F)cc3)no2)on1. The lowest BCUT2D eigenvalue weighted by Crippen LogP contribution is -2.30. The van der Waals surface area contributed by atoms with Crippen LogP contribution < -0.4 is 0 Å². The number of carbonyl (C=O) groups is 1. The van der Waals surface area contributed by atoms with E-state index >= 15 is 0 Å². The molecule has 1 saturated heterocycles. The molecule has 1 aliphatic heterocycles. The monoisotopic (exact) mass is 355 g/mol. The van der Waals surface area contributed by atoms with Crippen LogP contribution in [0.5, 0.6) is 0 Å². The molecule has 4 rings (SSSR count). The van der Waals surface area contributed by atoms with Gasteiger partial charge in [-0.2, -0.15) is 0 Å². The summed E-state index contributed by atoms with van der Waals surface area (Å²) in [4.78, 5) is 14.6. The van der Waals surface area contributed by atoms with Crippen LogP contribution in [0.4, 0.5) is 4.39 Å². The molecule has 0 saturated carbocycles. The molecule has 0 N–H and O–H groups in total. The van der Waals surface area contributed by atoms with Crippen molar-refractivity contribution >= 4 is 5.91 Å². The first kappa shape index (κ1) is 16.5. The quantitative estimate of drug-likeness (QED) is 0.707. The molecule has 26 heavy (non-hydrogen) atoms. The zero-order valence-corrected chi connectivity index (χ0v) is 14.3. The molecule has 1 amide bonds. The van der Waals surface area contributed by atoms with Crippen LogP contribution in [0, 0.1) is 5.82 Å². The highest BCUT2D eigenvalue weighted by molar-refractivity contribution is 5.92.